The van der Waals surface area contributed by atoms with E-state index in [4.69, 9.17) is 0 Å². The van der Waals surface area contributed by atoms with Gasteiger partial charge in [-0.2, -0.15) is 0 Å². The van der Waals surface area contributed by atoms with Crippen molar-refractivity contribution in [1.29, 1.82) is 0 Å². The van der Waals surface area contributed by atoms with Crippen molar-refractivity contribution in [2.75, 3.05) is 33.3 Å². The Kier molecular flexibility index (Phi) is 6.78. The number of aliphatic hydroxyl groups is 1. The lowest BCUT2D eigenvalue weighted by Gasteiger charge is -2.31. The summed E-state index contributed by atoms with van der Waals surface area (Å²) in [5, 5.41) is 12.9. The van der Waals surface area contributed by atoms with E-state index in [0.717, 1.165) is 12.8 Å². The molecule has 2 N–H and O–H groups in total. The van der Waals surface area contributed by atoms with E-state index < -0.39 is 0 Å². The lowest BCUT2D eigenvalue weighted by molar-refractivity contribution is 0.145. The SMILES string of the molecule is CCC(CO)(CCCN1CCCC(C)(C)CC1)NC. The Morgan fingerprint density at radius 2 is 2.00 bits per heavy atom. The van der Waals surface area contributed by atoms with Crippen LogP contribution in [0.5, 0.6) is 0 Å². The van der Waals surface area contributed by atoms with Crippen LogP contribution in [0.3, 0.4) is 0 Å². The molecule has 3 nitrogen and oxygen atoms in total. The molecule has 1 rings (SSSR count). The van der Waals surface area contributed by atoms with Crippen molar-refractivity contribution in [2.24, 2.45) is 5.41 Å². The third-order valence-corrected chi connectivity index (χ3v) is 5.07. The van der Waals surface area contributed by atoms with Crippen LogP contribution in [0, 0.1) is 5.41 Å². The Balaban J connectivity index is 2.32. The predicted molar refractivity (Wildman–Crippen MR) is 82.5 cm³/mol. The van der Waals surface area contributed by atoms with Gasteiger partial charge in [0, 0.05) is 5.54 Å². The van der Waals surface area contributed by atoms with E-state index in [-0.39, 0.29) is 12.1 Å². The summed E-state index contributed by atoms with van der Waals surface area (Å²) < 4.78 is 0. The fourth-order valence-corrected chi connectivity index (χ4v) is 3.09. The number of rotatable bonds is 7. The first kappa shape index (κ1) is 16.9. The molecule has 1 aliphatic rings. The molecule has 0 radical (unpaired) electrons. The summed E-state index contributed by atoms with van der Waals surface area (Å²) in [5.41, 5.74) is 0.461. The smallest absolute Gasteiger partial charge is 0.0613 e. The van der Waals surface area contributed by atoms with Gasteiger partial charge in [0.15, 0.2) is 0 Å². The highest BCUT2D eigenvalue weighted by Gasteiger charge is 2.26. The van der Waals surface area contributed by atoms with Crippen LogP contribution in [0.15, 0.2) is 0 Å². The molecule has 0 aromatic carbocycles. The topological polar surface area (TPSA) is 35.5 Å². The first-order valence-electron chi connectivity index (χ1n) is 7.99. The predicted octanol–water partition coefficient (Wildman–Crippen LogP) is 2.64. The average Bonchev–Trinajstić information content (AvgIpc) is 2.57. The first-order chi connectivity index (χ1) is 8.97. The highest BCUT2D eigenvalue weighted by atomic mass is 16.3. The van der Waals surface area contributed by atoms with Crippen molar-refractivity contribution in [3.05, 3.63) is 0 Å². The molecule has 0 aromatic rings. The Hall–Kier alpha value is -0.120. The van der Waals surface area contributed by atoms with Crippen molar-refractivity contribution in [3.8, 4) is 0 Å². The number of likely N-dealkylation sites (N-methyl/N-ethyl adjacent to an activating group) is 1. The number of hydrogen-bond donors (Lipinski definition) is 2. The van der Waals surface area contributed by atoms with Crippen LogP contribution < -0.4 is 5.32 Å². The van der Waals surface area contributed by atoms with Crippen LogP contribution in [0.4, 0.5) is 0 Å². The quantitative estimate of drug-likeness (QED) is 0.746. The van der Waals surface area contributed by atoms with Crippen molar-refractivity contribution < 1.29 is 5.11 Å². The van der Waals surface area contributed by atoms with E-state index >= 15 is 0 Å². The molecular weight excluding hydrogens is 236 g/mol. The molecule has 1 heterocycles. The largest absolute Gasteiger partial charge is 0.394 e. The van der Waals surface area contributed by atoms with Crippen molar-refractivity contribution in [3.63, 3.8) is 0 Å². The Labute approximate surface area is 119 Å². The summed E-state index contributed by atoms with van der Waals surface area (Å²) in [4.78, 5) is 2.61. The minimum atomic E-state index is -0.0644. The van der Waals surface area contributed by atoms with E-state index in [1.54, 1.807) is 0 Å². The third kappa shape index (κ3) is 5.41. The summed E-state index contributed by atoms with van der Waals surface area (Å²) in [6, 6.07) is 0. The van der Waals surface area contributed by atoms with Gasteiger partial charge in [0.1, 0.15) is 0 Å². The molecule has 3 heteroatoms. The Bertz CT molecular complexity index is 241. The van der Waals surface area contributed by atoms with Crippen LogP contribution in [0.1, 0.15) is 59.3 Å². The van der Waals surface area contributed by atoms with Gasteiger partial charge in [0.05, 0.1) is 6.61 Å². The van der Waals surface area contributed by atoms with Crippen molar-refractivity contribution in [2.45, 2.75) is 64.8 Å². The summed E-state index contributed by atoms with van der Waals surface area (Å²) in [6.45, 7) is 10.9. The number of hydrogen-bond acceptors (Lipinski definition) is 3. The molecule has 1 aliphatic heterocycles. The highest BCUT2D eigenvalue weighted by molar-refractivity contribution is 4.85. The fourth-order valence-electron chi connectivity index (χ4n) is 3.09. The molecule has 1 fully saturated rings. The van der Waals surface area contributed by atoms with E-state index in [0.29, 0.717) is 5.41 Å². The molecular formula is C16H34N2O. The van der Waals surface area contributed by atoms with Gasteiger partial charge in [-0.15, -0.1) is 0 Å². The third-order valence-electron chi connectivity index (χ3n) is 5.07. The standard InChI is InChI=1S/C16H34N2O/c1-5-16(14-19,17-4)9-7-12-18-11-6-8-15(2,3)10-13-18/h17,19H,5-14H2,1-4H3. The maximum atomic E-state index is 9.55. The maximum absolute atomic E-state index is 9.55. The van der Waals surface area contributed by atoms with Gasteiger partial charge in [0.2, 0.25) is 0 Å². The number of nitrogens with zero attached hydrogens (tertiary/aromatic N) is 1. The molecule has 0 spiro atoms. The van der Waals surface area contributed by atoms with Gasteiger partial charge in [-0.25, -0.2) is 0 Å². The number of nitrogens with one attached hydrogen (secondary N) is 1. The minimum absolute atomic E-state index is 0.0644. The fraction of sp³-hybridized carbons (Fsp3) is 1.00. The number of aliphatic hydroxyl groups excluding tert-OH is 1. The molecule has 1 saturated heterocycles. The lowest BCUT2D eigenvalue weighted by Crippen LogP contribution is -2.46. The van der Waals surface area contributed by atoms with Gasteiger partial charge in [-0.05, 0) is 70.6 Å². The van der Waals surface area contributed by atoms with Crippen LogP contribution >= 0.6 is 0 Å². The minimum Gasteiger partial charge on any atom is -0.394 e. The van der Waals surface area contributed by atoms with Gasteiger partial charge in [-0.3, -0.25) is 0 Å². The Morgan fingerprint density at radius 1 is 1.26 bits per heavy atom. The summed E-state index contributed by atoms with van der Waals surface area (Å²) >= 11 is 0. The second-order valence-corrected chi connectivity index (χ2v) is 7.00. The zero-order chi connectivity index (χ0) is 14.4. The summed E-state index contributed by atoms with van der Waals surface area (Å²) in [6.07, 6.45) is 7.24. The van der Waals surface area contributed by atoms with E-state index in [2.05, 4.69) is 31.0 Å². The molecule has 0 aliphatic carbocycles. The Morgan fingerprint density at radius 3 is 2.58 bits per heavy atom. The molecule has 0 amide bonds. The molecule has 0 saturated carbocycles. The molecule has 114 valence electrons. The van der Waals surface area contributed by atoms with Crippen LogP contribution in [0.25, 0.3) is 0 Å². The van der Waals surface area contributed by atoms with Crippen LogP contribution in [-0.4, -0.2) is 48.8 Å². The van der Waals surface area contributed by atoms with Crippen LogP contribution in [0.2, 0.25) is 0 Å². The second kappa shape index (κ2) is 7.61. The van der Waals surface area contributed by atoms with Crippen LogP contribution in [-0.2, 0) is 0 Å². The van der Waals surface area contributed by atoms with Gasteiger partial charge < -0.3 is 15.3 Å². The van der Waals surface area contributed by atoms with E-state index in [1.807, 2.05) is 7.05 Å². The normalized spacial score (nSPS) is 23.8. The summed E-state index contributed by atoms with van der Waals surface area (Å²) in [7, 11) is 1.97. The summed E-state index contributed by atoms with van der Waals surface area (Å²) in [5.74, 6) is 0. The molecule has 0 bridgehead atoms. The molecule has 0 aromatic heterocycles. The zero-order valence-corrected chi connectivity index (χ0v) is 13.5. The highest BCUT2D eigenvalue weighted by Crippen LogP contribution is 2.30. The first-order valence-corrected chi connectivity index (χ1v) is 7.99. The van der Waals surface area contributed by atoms with Gasteiger partial charge in [0.25, 0.3) is 0 Å². The maximum Gasteiger partial charge on any atom is 0.0613 e. The average molecular weight is 270 g/mol. The lowest BCUT2D eigenvalue weighted by atomic mass is 9.85. The second-order valence-electron chi connectivity index (χ2n) is 7.00. The van der Waals surface area contributed by atoms with E-state index in [9.17, 15) is 5.11 Å². The molecule has 19 heavy (non-hydrogen) atoms. The van der Waals surface area contributed by atoms with Gasteiger partial charge in [-0.1, -0.05) is 20.8 Å². The van der Waals surface area contributed by atoms with Crippen molar-refractivity contribution >= 4 is 0 Å². The molecule has 1 unspecified atom stereocenters. The zero-order valence-electron chi connectivity index (χ0n) is 13.5. The monoisotopic (exact) mass is 270 g/mol. The van der Waals surface area contributed by atoms with Gasteiger partial charge >= 0.3 is 0 Å². The molecule has 1 atom stereocenters. The number of likely N-dealkylation sites (tertiary alicyclic amines) is 1. The van der Waals surface area contributed by atoms with E-state index in [1.165, 1.54) is 45.3 Å². The van der Waals surface area contributed by atoms with Crippen molar-refractivity contribution in [1.82, 2.24) is 10.2 Å².